The monoisotopic (exact) mass is 484 g/mol. The highest BCUT2D eigenvalue weighted by Crippen LogP contribution is 2.28. The number of benzene rings is 2. The van der Waals surface area contributed by atoms with Crippen molar-refractivity contribution < 1.29 is 17.4 Å². The predicted molar refractivity (Wildman–Crippen MR) is 127 cm³/mol. The van der Waals surface area contributed by atoms with Gasteiger partial charge < -0.3 is 4.74 Å². The number of halogens is 1. The minimum Gasteiger partial charge on any atom is -0.483 e. The Labute approximate surface area is 192 Å². The zero-order valence-corrected chi connectivity index (χ0v) is 20.9. The lowest BCUT2D eigenvalue weighted by Crippen LogP contribution is -2.36. The van der Waals surface area contributed by atoms with Gasteiger partial charge in [0.25, 0.3) is 0 Å². The van der Waals surface area contributed by atoms with Crippen molar-refractivity contribution in [2.24, 2.45) is 10.3 Å². The molecule has 0 heterocycles. The number of nitrogens with one attached hydrogen (secondary N) is 1. The molecule has 3 atom stereocenters. The van der Waals surface area contributed by atoms with Gasteiger partial charge in [0.1, 0.15) is 11.0 Å². The summed E-state index contributed by atoms with van der Waals surface area (Å²) in [5.74, 6) is -0.350. The van der Waals surface area contributed by atoms with Crippen LogP contribution in [0.25, 0.3) is 0 Å². The van der Waals surface area contributed by atoms with E-state index < -0.39 is 37.7 Å². The Hall–Kier alpha value is -1.74. The molecule has 0 radical (unpaired) electrons. The van der Waals surface area contributed by atoms with Crippen molar-refractivity contribution in [3.05, 3.63) is 64.7 Å². The Morgan fingerprint density at radius 1 is 1.10 bits per heavy atom. The van der Waals surface area contributed by atoms with Crippen molar-refractivity contribution >= 4 is 38.5 Å². The summed E-state index contributed by atoms with van der Waals surface area (Å²) in [7, 11) is -3.98. The third kappa shape index (κ3) is 6.87. The van der Waals surface area contributed by atoms with E-state index in [0.29, 0.717) is 10.6 Å². The molecule has 0 aromatic heterocycles. The second-order valence-electron chi connectivity index (χ2n) is 8.25. The molecule has 0 fully saturated rings. The molecule has 0 aliphatic carbocycles. The van der Waals surface area contributed by atoms with Gasteiger partial charge in [-0.3, -0.25) is 0 Å². The SMILES string of the molecule is CO/C(=N\[S@](=O)C(C)(C)C)[C@@H](C)[C@@H](NS(=O)(=O)c1ccc(C)cc1)c1ccc(Cl)cc1. The van der Waals surface area contributed by atoms with E-state index in [-0.39, 0.29) is 10.8 Å². The van der Waals surface area contributed by atoms with Crippen LogP contribution in [0.1, 0.15) is 44.9 Å². The Balaban J connectivity index is 2.49. The zero-order chi connectivity index (χ0) is 23.4. The number of rotatable bonds is 7. The molecule has 2 aromatic rings. The summed E-state index contributed by atoms with van der Waals surface area (Å²) in [5, 5.41) is 0.533. The summed E-state index contributed by atoms with van der Waals surface area (Å²) in [6.07, 6.45) is 0. The molecule has 0 aliphatic heterocycles. The van der Waals surface area contributed by atoms with E-state index in [9.17, 15) is 12.6 Å². The highest BCUT2D eigenvalue weighted by Gasteiger charge is 2.31. The molecule has 0 bridgehead atoms. The Morgan fingerprint density at radius 3 is 2.13 bits per heavy atom. The van der Waals surface area contributed by atoms with E-state index >= 15 is 0 Å². The summed E-state index contributed by atoms with van der Waals surface area (Å²) in [6, 6.07) is 12.7. The third-order valence-electron chi connectivity index (χ3n) is 4.64. The van der Waals surface area contributed by atoms with Gasteiger partial charge in [0.15, 0.2) is 0 Å². The second-order valence-corrected chi connectivity index (χ2v) is 12.3. The molecule has 6 nitrogen and oxygen atoms in total. The molecule has 170 valence electrons. The van der Waals surface area contributed by atoms with Gasteiger partial charge in [-0.15, -0.1) is 0 Å². The van der Waals surface area contributed by atoms with Crippen LogP contribution in [0.5, 0.6) is 0 Å². The first-order chi connectivity index (χ1) is 14.3. The van der Waals surface area contributed by atoms with Gasteiger partial charge in [-0.2, -0.15) is 4.40 Å². The van der Waals surface area contributed by atoms with Crippen LogP contribution < -0.4 is 4.72 Å². The quantitative estimate of drug-likeness (QED) is 0.451. The van der Waals surface area contributed by atoms with Gasteiger partial charge in [-0.1, -0.05) is 48.4 Å². The van der Waals surface area contributed by atoms with Crippen LogP contribution in [0.2, 0.25) is 5.02 Å². The van der Waals surface area contributed by atoms with Crippen LogP contribution >= 0.6 is 11.6 Å². The second kappa shape index (κ2) is 10.3. The molecule has 1 N–H and O–H groups in total. The number of sulfonamides is 1. The Bertz CT molecular complexity index is 1040. The number of nitrogens with zero attached hydrogens (tertiary/aromatic N) is 1. The van der Waals surface area contributed by atoms with Crippen molar-refractivity contribution in [1.29, 1.82) is 0 Å². The zero-order valence-electron chi connectivity index (χ0n) is 18.5. The molecular formula is C22H29ClN2O4S2. The molecule has 0 unspecified atom stereocenters. The van der Waals surface area contributed by atoms with E-state index in [1.54, 1.807) is 76.2 Å². The first kappa shape index (κ1) is 25.5. The number of ether oxygens (including phenoxy) is 1. The summed E-state index contributed by atoms with van der Waals surface area (Å²) < 4.78 is 50.7. The van der Waals surface area contributed by atoms with Gasteiger partial charge in [-0.05, 0) is 57.5 Å². The van der Waals surface area contributed by atoms with Crippen LogP contribution in [0.4, 0.5) is 0 Å². The number of hydrogen-bond donors (Lipinski definition) is 1. The van der Waals surface area contributed by atoms with Crippen LogP contribution in [0.15, 0.2) is 57.8 Å². The molecule has 2 rings (SSSR count). The van der Waals surface area contributed by atoms with Gasteiger partial charge in [0.05, 0.1) is 28.7 Å². The topological polar surface area (TPSA) is 84.8 Å². The molecule has 0 spiro atoms. The average Bonchev–Trinajstić information content (AvgIpc) is 2.70. The van der Waals surface area contributed by atoms with E-state index in [0.717, 1.165) is 5.56 Å². The highest BCUT2D eigenvalue weighted by molar-refractivity contribution is 7.89. The van der Waals surface area contributed by atoms with Crippen molar-refractivity contribution in [3.8, 4) is 0 Å². The minimum absolute atomic E-state index is 0.151. The molecule has 0 saturated heterocycles. The van der Waals surface area contributed by atoms with Gasteiger partial charge in [-0.25, -0.2) is 17.3 Å². The lowest BCUT2D eigenvalue weighted by atomic mass is 9.95. The minimum atomic E-state index is -3.85. The molecule has 0 saturated carbocycles. The maximum atomic E-state index is 13.1. The molecule has 9 heteroatoms. The standard InChI is InChI=1S/C22H29ClN2O4S2/c1-15-7-13-19(14-8-15)31(27,28)25-20(17-9-11-18(23)12-10-17)16(2)21(29-6)24-30(26)22(3,4)5/h7-14,16,20,25H,1-6H3/b24-21-/t16-,20+,30+/m0/s1. The summed E-state index contributed by atoms with van der Waals surface area (Å²) in [4.78, 5) is 0.151. The fraction of sp³-hybridized carbons (Fsp3) is 0.409. The number of hydrogen-bond acceptors (Lipinski definition) is 4. The fourth-order valence-electron chi connectivity index (χ4n) is 2.75. The molecule has 2 aromatic carbocycles. The summed E-state index contributed by atoms with van der Waals surface area (Å²) in [5.41, 5.74) is 1.64. The van der Waals surface area contributed by atoms with Crippen molar-refractivity contribution in [1.82, 2.24) is 4.72 Å². The normalized spacial score (nSPS) is 15.9. The van der Waals surface area contributed by atoms with Crippen molar-refractivity contribution in [3.63, 3.8) is 0 Å². The number of methoxy groups -OCH3 is 1. The van der Waals surface area contributed by atoms with Gasteiger partial charge >= 0.3 is 0 Å². The smallest absolute Gasteiger partial charge is 0.241 e. The molecule has 0 aliphatic rings. The largest absolute Gasteiger partial charge is 0.483 e. The number of aryl methyl sites for hydroxylation is 1. The fourth-order valence-corrected chi connectivity index (χ4v) is 4.86. The molecular weight excluding hydrogens is 456 g/mol. The van der Waals surface area contributed by atoms with Crippen LogP contribution in [-0.2, 0) is 25.7 Å². The van der Waals surface area contributed by atoms with Crippen molar-refractivity contribution in [2.75, 3.05) is 7.11 Å². The van der Waals surface area contributed by atoms with Crippen LogP contribution in [0.3, 0.4) is 0 Å². The summed E-state index contributed by atoms with van der Waals surface area (Å²) >= 11 is 6.02. The highest BCUT2D eigenvalue weighted by atomic mass is 35.5. The first-order valence-corrected chi connectivity index (χ1v) is 12.7. The van der Waals surface area contributed by atoms with Gasteiger partial charge in [0, 0.05) is 5.02 Å². The van der Waals surface area contributed by atoms with E-state index in [1.807, 2.05) is 6.92 Å². The molecule has 31 heavy (non-hydrogen) atoms. The lowest BCUT2D eigenvalue weighted by Gasteiger charge is -2.26. The van der Waals surface area contributed by atoms with Crippen LogP contribution in [-0.4, -0.2) is 30.4 Å². The maximum Gasteiger partial charge on any atom is 0.241 e. The van der Waals surface area contributed by atoms with E-state index in [4.69, 9.17) is 16.3 Å². The lowest BCUT2D eigenvalue weighted by molar-refractivity contribution is 0.351. The van der Waals surface area contributed by atoms with Crippen LogP contribution in [0, 0.1) is 12.8 Å². The van der Waals surface area contributed by atoms with E-state index in [1.165, 1.54) is 7.11 Å². The third-order valence-corrected chi connectivity index (χ3v) is 7.74. The van der Waals surface area contributed by atoms with E-state index in [2.05, 4.69) is 9.12 Å². The molecule has 0 amide bonds. The Kier molecular flexibility index (Phi) is 8.44. The van der Waals surface area contributed by atoms with Crippen molar-refractivity contribution in [2.45, 2.75) is 50.3 Å². The summed E-state index contributed by atoms with van der Waals surface area (Å²) in [6.45, 7) is 9.09. The van der Waals surface area contributed by atoms with Gasteiger partial charge in [0.2, 0.25) is 15.9 Å². The average molecular weight is 485 g/mol. The first-order valence-electron chi connectivity index (χ1n) is 9.74. The maximum absolute atomic E-state index is 13.1. The predicted octanol–water partition coefficient (Wildman–Crippen LogP) is 4.81. The Morgan fingerprint density at radius 2 is 1.65 bits per heavy atom.